The number of alkyl halides is 3. The Bertz CT molecular complexity index is 1040. The Morgan fingerprint density at radius 1 is 1.22 bits per heavy atom. The summed E-state index contributed by atoms with van der Waals surface area (Å²) in [6.07, 6.45) is -2.82. The fraction of sp³-hybridized carbons (Fsp3) is 0.391. The van der Waals surface area contributed by atoms with E-state index in [-0.39, 0.29) is 24.1 Å². The molecule has 0 saturated carbocycles. The van der Waals surface area contributed by atoms with Gasteiger partial charge in [-0.05, 0) is 40.8 Å². The maximum atomic E-state index is 12.9. The van der Waals surface area contributed by atoms with Gasteiger partial charge < -0.3 is 9.64 Å². The van der Waals surface area contributed by atoms with Gasteiger partial charge in [0.25, 0.3) is 5.91 Å². The van der Waals surface area contributed by atoms with Crippen molar-refractivity contribution in [3.05, 3.63) is 63.7 Å². The molecule has 5 nitrogen and oxygen atoms in total. The lowest BCUT2D eigenvalue weighted by Gasteiger charge is -2.18. The topological polar surface area (TPSA) is 45.1 Å². The number of nitrogens with zero attached hydrogens (tertiary/aromatic N) is 3. The summed E-state index contributed by atoms with van der Waals surface area (Å²) in [5, 5.41) is 6.93. The molecule has 2 heterocycles. The van der Waals surface area contributed by atoms with Crippen LogP contribution in [0.1, 0.15) is 46.8 Å². The molecule has 0 aromatic heterocycles. The zero-order valence-electron chi connectivity index (χ0n) is 17.7. The molecule has 0 fully saturated rings. The molecule has 0 aliphatic carbocycles. The first-order valence-corrected chi connectivity index (χ1v) is 10.7. The first-order valence-electron chi connectivity index (χ1n) is 10.3. The van der Waals surface area contributed by atoms with Crippen LogP contribution in [0.2, 0.25) is 5.02 Å². The lowest BCUT2D eigenvalue weighted by molar-refractivity contribution is -0.274. The van der Waals surface area contributed by atoms with Gasteiger partial charge in [-0.3, -0.25) is 9.80 Å². The summed E-state index contributed by atoms with van der Waals surface area (Å²) in [7, 11) is 0. The van der Waals surface area contributed by atoms with Crippen molar-refractivity contribution in [3.63, 3.8) is 0 Å². The Morgan fingerprint density at radius 2 is 1.94 bits per heavy atom. The van der Waals surface area contributed by atoms with E-state index in [9.17, 15) is 18.0 Å². The highest BCUT2D eigenvalue weighted by Crippen LogP contribution is 2.35. The Morgan fingerprint density at radius 3 is 2.59 bits per heavy atom. The Labute approximate surface area is 189 Å². The van der Waals surface area contributed by atoms with Gasteiger partial charge >= 0.3 is 6.36 Å². The number of amides is 1. The van der Waals surface area contributed by atoms with E-state index in [1.165, 1.54) is 24.3 Å². The smallest absolute Gasteiger partial charge is 0.406 e. The summed E-state index contributed by atoms with van der Waals surface area (Å²) in [4.78, 5) is 14.5. The standard InChI is InChI=1S/C23H23ClF3N3O2/c1-14(2)10-30-13-18(9-28-30)16-7-17-12-29(22(31)21(17)20(24)8-16)11-15-3-5-19(6-4-15)32-23(25,26)27/h3-9,14,18H,10-13H2,1-2H3. The molecule has 32 heavy (non-hydrogen) atoms. The van der Waals surface area contributed by atoms with Crippen molar-refractivity contribution in [2.45, 2.75) is 39.2 Å². The number of carbonyl (C=O) groups excluding carboxylic acids is 1. The molecule has 1 atom stereocenters. The maximum absolute atomic E-state index is 12.9. The van der Waals surface area contributed by atoms with Crippen LogP contribution in [0.15, 0.2) is 41.5 Å². The molecule has 0 bridgehead atoms. The largest absolute Gasteiger partial charge is 0.573 e. The van der Waals surface area contributed by atoms with Crippen LogP contribution in [0.4, 0.5) is 13.2 Å². The van der Waals surface area contributed by atoms with E-state index in [1.54, 1.807) is 4.90 Å². The predicted octanol–water partition coefficient (Wildman–Crippen LogP) is 5.44. The van der Waals surface area contributed by atoms with Gasteiger partial charge in [-0.15, -0.1) is 13.2 Å². The molecule has 1 unspecified atom stereocenters. The van der Waals surface area contributed by atoms with Crippen molar-refractivity contribution in [2.75, 3.05) is 13.1 Å². The van der Waals surface area contributed by atoms with E-state index in [4.69, 9.17) is 11.6 Å². The van der Waals surface area contributed by atoms with Crippen LogP contribution in [0, 0.1) is 5.92 Å². The first kappa shape index (κ1) is 22.5. The van der Waals surface area contributed by atoms with Crippen molar-refractivity contribution in [1.82, 2.24) is 9.91 Å². The van der Waals surface area contributed by atoms with Crippen LogP contribution in [-0.2, 0) is 13.1 Å². The second kappa shape index (κ2) is 8.65. The van der Waals surface area contributed by atoms with Crippen LogP contribution in [-0.4, -0.2) is 41.5 Å². The van der Waals surface area contributed by atoms with E-state index in [1.807, 2.05) is 23.4 Å². The van der Waals surface area contributed by atoms with E-state index < -0.39 is 6.36 Å². The zero-order valence-corrected chi connectivity index (χ0v) is 18.5. The third-order valence-electron chi connectivity index (χ3n) is 5.41. The third-order valence-corrected chi connectivity index (χ3v) is 5.71. The van der Waals surface area contributed by atoms with Gasteiger partial charge in [0.1, 0.15) is 5.75 Å². The second-order valence-electron chi connectivity index (χ2n) is 8.53. The van der Waals surface area contributed by atoms with E-state index in [0.29, 0.717) is 28.6 Å². The molecule has 2 aliphatic heterocycles. The highest BCUT2D eigenvalue weighted by molar-refractivity contribution is 6.34. The van der Waals surface area contributed by atoms with Crippen molar-refractivity contribution in [1.29, 1.82) is 0 Å². The molecular formula is C23H23ClF3N3O2. The van der Waals surface area contributed by atoms with Crippen molar-refractivity contribution < 1.29 is 22.7 Å². The van der Waals surface area contributed by atoms with Crippen LogP contribution in [0.3, 0.4) is 0 Å². The van der Waals surface area contributed by atoms with Crippen molar-refractivity contribution >= 4 is 23.7 Å². The van der Waals surface area contributed by atoms with Crippen LogP contribution >= 0.6 is 11.6 Å². The SMILES string of the molecule is CC(C)CN1CC(c2cc(Cl)c3c(c2)CN(Cc2ccc(OC(F)(F)F)cc2)C3=O)C=N1. The minimum absolute atomic E-state index is 0.113. The van der Waals surface area contributed by atoms with Crippen molar-refractivity contribution in [2.24, 2.45) is 11.0 Å². The fourth-order valence-electron chi connectivity index (χ4n) is 4.08. The van der Waals surface area contributed by atoms with Gasteiger partial charge in [-0.1, -0.05) is 43.6 Å². The van der Waals surface area contributed by atoms with Gasteiger partial charge in [0.2, 0.25) is 0 Å². The molecule has 9 heteroatoms. The quantitative estimate of drug-likeness (QED) is 0.571. The number of benzene rings is 2. The minimum Gasteiger partial charge on any atom is -0.406 e. The molecule has 0 N–H and O–H groups in total. The maximum Gasteiger partial charge on any atom is 0.573 e. The Hall–Kier alpha value is -2.74. The molecule has 2 aliphatic rings. The van der Waals surface area contributed by atoms with Crippen LogP contribution in [0.5, 0.6) is 5.75 Å². The number of fused-ring (bicyclic) bond motifs is 1. The molecular weight excluding hydrogens is 443 g/mol. The number of halogens is 4. The van der Waals surface area contributed by atoms with Gasteiger partial charge in [0, 0.05) is 38.3 Å². The van der Waals surface area contributed by atoms with Crippen LogP contribution in [0.25, 0.3) is 0 Å². The number of hydrazone groups is 1. The summed E-state index contributed by atoms with van der Waals surface area (Å²) >= 11 is 6.49. The van der Waals surface area contributed by atoms with E-state index in [2.05, 4.69) is 23.7 Å². The third kappa shape index (κ3) is 5.01. The normalized spacial score (nSPS) is 18.1. The van der Waals surface area contributed by atoms with Gasteiger partial charge in [-0.25, -0.2) is 0 Å². The fourth-order valence-corrected chi connectivity index (χ4v) is 4.40. The summed E-state index contributed by atoms with van der Waals surface area (Å²) in [6, 6.07) is 9.36. The number of hydrogen-bond acceptors (Lipinski definition) is 4. The first-order chi connectivity index (χ1) is 15.1. The summed E-state index contributed by atoms with van der Waals surface area (Å²) in [5.41, 5.74) is 3.06. The lowest BCUT2D eigenvalue weighted by Crippen LogP contribution is -2.23. The Balaban J connectivity index is 1.46. The number of rotatable bonds is 6. The summed E-state index contributed by atoms with van der Waals surface area (Å²) in [5.74, 6) is 0.139. The van der Waals surface area contributed by atoms with Gasteiger partial charge in [-0.2, -0.15) is 5.10 Å². The highest BCUT2D eigenvalue weighted by atomic mass is 35.5. The minimum atomic E-state index is -4.74. The van der Waals surface area contributed by atoms with Gasteiger partial charge in [0.15, 0.2) is 0 Å². The second-order valence-corrected chi connectivity index (χ2v) is 8.93. The monoisotopic (exact) mass is 465 g/mol. The van der Waals surface area contributed by atoms with E-state index >= 15 is 0 Å². The average molecular weight is 466 g/mol. The number of ether oxygens (including phenoxy) is 1. The van der Waals surface area contributed by atoms with E-state index in [0.717, 1.165) is 24.2 Å². The molecule has 2 aromatic rings. The number of carbonyl (C=O) groups is 1. The molecule has 1 amide bonds. The molecule has 170 valence electrons. The predicted molar refractivity (Wildman–Crippen MR) is 116 cm³/mol. The van der Waals surface area contributed by atoms with Crippen LogP contribution < -0.4 is 4.74 Å². The lowest BCUT2D eigenvalue weighted by atomic mass is 9.96. The van der Waals surface area contributed by atoms with Gasteiger partial charge in [0.05, 0.1) is 10.6 Å². The summed E-state index contributed by atoms with van der Waals surface area (Å²) < 4.78 is 40.9. The molecule has 0 saturated heterocycles. The summed E-state index contributed by atoms with van der Waals surface area (Å²) in [6.45, 7) is 6.60. The molecule has 0 spiro atoms. The molecule has 2 aromatic carbocycles. The highest BCUT2D eigenvalue weighted by Gasteiger charge is 2.33. The molecule has 0 radical (unpaired) electrons. The Kier molecular flexibility index (Phi) is 6.07. The average Bonchev–Trinajstić information content (AvgIpc) is 3.26. The zero-order chi connectivity index (χ0) is 23.0. The van der Waals surface area contributed by atoms with Crippen molar-refractivity contribution in [3.8, 4) is 5.75 Å². The molecule has 4 rings (SSSR count). The number of hydrogen-bond donors (Lipinski definition) is 0.